The van der Waals surface area contributed by atoms with Gasteiger partial charge in [-0.25, -0.2) is 15.0 Å². The number of ether oxygens (including phenoxy) is 2. The van der Waals surface area contributed by atoms with Crippen LogP contribution in [0.25, 0.3) is 10.8 Å². The van der Waals surface area contributed by atoms with E-state index in [0.717, 1.165) is 33.6 Å². The lowest BCUT2D eigenvalue weighted by molar-refractivity contribution is 0.306. The number of hydrogen-bond acceptors (Lipinski definition) is 7. The maximum atomic E-state index is 5.87. The Morgan fingerprint density at radius 2 is 1.93 bits per heavy atom. The minimum absolute atomic E-state index is 0.321. The highest BCUT2D eigenvalue weighted by Crippen LogP contribution is 2.27. The van der Waals surface area contributed by atoms with Crippen molar-refractivity contribution in [1.82, 2.24) is 24.7 Å². The van der Waals surface area contributed by atoms with Gasteiger partial charge in [-0.05, 0) is 29.7 Å². The first-order chi connectivity index (χ1) is 13.2. The molecule has 1 aromatic carbocycles. The Balaban J connectivity index is 1.54. The van der Waals surface area contributed by atoms with Crippen molar-refractivity contribution in [3.8, 4) is 11.8 Å². The molecule has 136 valence electrons. The van der Waals surface area contributed by atoms with Crippen molar-refractivity contribution in [2.45, 2.75) is 6.61 Å². The van der Waals surface area contributed by atoms with E-state index in [-0.39, 0.29) is 0 Å². The number of hydrogen-bond donors (Lipinski definition) is 1. The van der Waals surface area contributed by atoms with E-state index >= 15 is 0 Å². The van der Waals surface area contributed by atoms with Gasteiger partial charge in [0.25, 0.3) is 0 Å². The second kappa shape index (κ2) is 7.28. The predicted octanol–water partition coefficient (Wildman–Crippen LogP) is 3.09. The zero-order valence-corrected chi connectivity index (χ0v) is 15.0. The summed E-state index contributed by atoms with van der Waals surface area (Å²) >= 11 is 0. The third-order valence-electron chi connectivity index (χ3n) is 3.97. The summed E-state index contributed by atoms with van der Waals surface area (Å²) < 4.78 is 12.6. The van der Waals surface area contributed by atoms with Gasteiger partial charge in [0.05, 0.1) is 31.4 Å². The Morgan fingerprint density at radius 3 is 2.67 bits per heavy atom. The molecule has 0 aliphatic rings. The van der Waals surface area contributed by atoms with Crippen molar-refractivity contribution in [1.29, 1.82) is 0 Å². The fourth-order valence-corrected chi connectivity index (χ4v) is 2.68. The highest BCUT2D eigenvalue weighted by molar-refractivity contribution is 5.93. The molecule has 0 saturated carbocycles. The van der Waals surface area contributed by atoms with E-state index < -0.39 is 0 Å². The minimum Gasteiger partial charge on any atom is -0.489 e. The van der Waals surface area contributed by atoms with Gasteiger partial charge >= 0.3 is 6.01 Å². The van der Waals surface area contributed by atoms with Crippen LogP contribution in [-0.2, 0) is 13.7 Å². The number of benzene rings is 1. The van der Waals surface area contributed by atoms with Crippen LogP contribution in [0.3, 0.4) is 0 Å². The van der Waals surface area contributed by atoms with E-state index in [1.165, 1.54) is 7.11 Å². The van der Waals surface area contributed by atoms with Gasteiger partial charge in [-0.15, -0.1) is 0 Å². The fraction of sp³-hybridized carbons (Fsp3) is 0.158. The van der Waals surface area contributed by atoms with Gasteiger partial charge in [0.2, 0.25) is 0 Å². The zero-order chi connectivity index (χ0) is 18.6. The van der Waals surface area contributed by atoms with Crippen molar-refractivity contribution >= 4 is 22.3 Å². The van der Waals surface area contributed by atoms with Gasteiger partial charge in [-0.1, -0.05) is 0 Å². The van der Waals surface area contributed by atoms with E-state index in [1.54, 1.807) is 29.5 Å². The molecule has 0 bridgehead atoms. The summed E-state index contributed by atoms with van der Waals surface area (Å²) in [5.74, 6) is 1.51. The monoisotopic (exact) mass is 362 g/mol. The largest absolute Gasteiger partial charge is 0.489 e. The Morgan fingerprint density at radius 1 is 1.07 bits per heavy atom. The molecule has 0 fully saturated rings. The summed E-state index contributed by atoms with van der Waals surface area (Å²) in [6.45, 7) is 0.471. The SMILES string of the molecule is COc1ncc(Nc2nccc3cc(OCc4cnn(C)c4)ccc23)cn1. The Kier molecular flexibility index (Phi) is 4.52. The molecular formula is C19H18N6O2. The summed E-state index contributed by atoms with van der Waals surface area (Å²) in [6.07, 6.45) is 8.78. The number of pyridine rings is 1. The van der Waals surface area contributed by atoms with Crippen molar-refractivity contribution in [3.05, 3.63) is 60.8 Å². The van der Waals surface area contributed by atoms with E-state index in [4.69, 9.17) is 9.47 Å². The predicted molar refractivity (Wildman–Crippen MR) is 101 cm³/mol. The molecule has 27 heavy (non-hydrogen) atoms. The van der Waals surface area contributed by atoms with Crippen LogP contribution in [0.1, 0.15) is 5.56 Å². The molecule has 0 aliphatic heterocycles. The number of anilines is 2. The Hall–Kier alpha value is -3.68. The van der Waals surface area contributed by atoms with Gasteiger partial charge < -0.3 is 14.8 Å². The van der Waals surface area contributed by atoms with Crippen LogP contribution in [0.4, 0.5) is 11.5 Å². The summed E-state index contributed by atoms with van der Waals surface area (Å²) in [5.41, 5.74) is 1.75. The average Bonchev–Trinajstić information content (AvgIpc) is 3.12. The van der Waals surface area contributed by atoms with Gasteiger partial charge in [0.15, 0.2) is 0 Å². The molecule has 0 unspecified atom stereocenters. The van der Waals surface area contributed by atoms with E-state index in [1.807, 2.05) is 37.5 Å². The van der Waals surface area contributed by atoms with Crippen molar-refractivity contribution in [3.63, 3.8) is 0 Å². The number of fused-ring (bicyclic) bond motifs is 1. The number of aromatic nitrogens is 5. The molecule has 8 nitrogen and oxygen atoms in total. The summed E-state index contributed by atoms with van der Waals surface area (Å²) in [6, 6.07) is 8.16. The van der Waals surface area contributed by atoms with Crippen LogP contribution in [0.15, 0.2) is 55.2 Å². The summed E-state index contributed by atoms with van der Waals surface area (Å²) in [4.78, 5) is 12.6. The van der Waals surface area contributed by atoms with Crippen LogP contribution in [0, 0.1) is 0 Å². The normalized spacial score (nSPS) is 10.7. The van der Waals surface area contributed by atoms with Gasteiger partial charge in [0.1, 0.15) is 18.2 Å². The molecule has 0 radical (unpaired) electrons. The molecule has 0 saturated heterocycles. The first-order valence-corrected chi connectivity index (χ1v) is 8.33. The smallest absolute Gasteiger partial charge is 0.316 e. The quantitative estimate of drug-likeness (QED) is 0.564. The molecule has 3 heterocycles. The summed E-state index contributed by atoms with van der Waals surface area (Å²) in [7, 11) is 3.41. The number of nitrogens with one attached hydrogen (secondary N) is 1. The molecule has 4 aromatic rings. The van der Waals surface area contributed by atoms with E-state index in [0.29, 0.717) is 12.6 Å². The Bertz CT molecular complexity index is 1060. The molecule has 0 atom stereocenters. The lowest BCUT2D eigenvalue weighted by atomic mass is 10.1. The number of rotatable bonds is 6. The Labute approximate surface area is 155 Å². The first-order valence-electron chi connectivity index (χ1n) is 8.33. The van der Waals surface area contributed by atoms with Crippen LogP contribution >= 0.6 is 0 Å². The molecule has 0 amide bonds. The minimum atomic E-state index is 0.321. The van der Waals surface area contributed by atoms with Crippen molar-refractivity contribution in [2.24, 2.45) is 7.05 Å². The molecule has 4 rings (SSSR count). The van der Waals surface area contributed by atoms with E-state index in [2.05, 4.69) is 25.4 Å². The number of methoxy groups -OCH3 is 1. The lowest BCUT2D eigenvalue weighted by Crippen LogP contribution is -1.98. The maximum absolute atomic E-state index is 5.87. The summed E-state index contributed by atoms with van der Waals surface area (Å²) in [5, 5.41) is 9.37. The first kappa shape index (κ1) is 16.8. The molecule has 3 aromatic heterocycles. The molecule has 0 spiro atoms. The standard InChI is InChI=1S/C19H18N6O2/c1-25-11-13(8-23-25)12-27-16-3-4-17-14(7-16)5-6-20-18(17)24-15-9-21-19(26-2)22-10-15/h3-11H,12H2,1-2H3,(H,20,24). The number of aryl methyl sites for hydroxylation is 1. The van der Waals surface area contributed by atoms with Crippen LogP contribution < -0.4 is 14.8 Å². The fourth-order valence-electron chi connectivity index (χ4n) is 2.68. The van der Waals surface area contributed by atoms with Crippen molar-refractivity contribution < 1.29 is 9.47 Å². The third-order valence-corrected chi connectivity index (χ3v) is 3.97. The highest BCUT2D eigenvalue weighted by Gasteiger charge is 2.06. The second-order valence-electron chi connectivity index (χ2n) is 5.94. The second-order valence-corrected chi connectivity index (χ2v) is 5.94. The molecular weight excluding hydrogens is 344 g/mol. The maximum Gasteiger partial charge on any atom is 0.316 e. The van der Waals surface area contributed by atoms with Gasteiger partial charge in [-0.2, -0.15) is 5.10 Å². The van der Waals surface area contributed by atoms with Crippen LogP contribution in [-0.4, -0.2) is 31.8 Å². The average molecular weight is 362 g/mol. The van der Waals surface area contributed by atoms with Gasteiger partial charge in [0, 0.05) is 30.4 Å². The zero-order valence-electron chi connectivity index (χ0n) is 15.0. The van der Waals surface area contributed by atoms with Gasteiger partial charge in [-0.3, -0.25) is 4.68 Å². The van der Waals surface area contributed by atoms with E-state index in [9.17, 15) is 0 Å². The molecule has 1 N–H and O–H groups in total. The molecule has 0 aliphatic carbocycles. The van der Waals surface area contributed by atoms with Crippen molar-refractivity contribution in [2.75, 3.05) is 12.4 Å². The third kappa shape index (κ3) is 3.79. The lowest BCUT2D eigenvalue weighted by Gasteiger charge is -2.10. The highest BCUT2D eigenvalue weighted by atomic mass is 16.5. The van der Waals surface area contributed by atoms with Crippen LogP contribution in [0.5, 0.6) is 11.8 Å². The topological polar surface area (TPSA) is 87.0 Å². The van der Waals surface area contributed by atoms with Crippen LogP contribution in [0.2, 0.25) is 0 Å². The number of nitrogens with zero attached hydrogens (tertiary/aromatic N) is 5. The molecule has 8 heteroatoms.